The first-order valence-corrected chi connectivity index (χ1v) is 9.66. The fraction of sp³-hybridized carbons (Fsp3) is 0.167. The molecule has 154 valence electrons. The number of nitrogens with zero attached hydrogens (tertiary/aromatic N) is 1. The Labute approximate surface area is 176 Å². The highest BCUT2D eigenvalue weighted by Crippen LogP contribution is 2.24. The number of carbonyl (C=O) groups excluding carboxylic acids is 2. The Kier molecular flexibility index (Phi) is 7.05. The summed E-state index contributed by atoms with van der Waals surface area (Å²) in [7, 11) is 1.74. The van der Waals surface area contributed by atoms with Gasteiger partial charge in [0.2, 0.25) is 0 Å². The van der Waals surface area contributed by atoms with Crippen molar-refractivity contribution in [3.05, 3.63) is 84.4 Å². The zero-order valence-corrected chi connectivity index (χ0v) is 17.0. The second-order valence-electron chi connectivity index (χ2n) is 6.63. The van der Waals surface area contributed by atoms with Gasteiger partial charge in [-0.15, -0.1) is 0 Å². The number of hydrogen-bond donors (Lipinski definition) is 1. The van der Waals surface area contributed by atoms with Gasteiger partial charge in [-0.1, -0.05) is 30.3 Å². The third kappa shape index (κ3) is 5.85. The summed E-state index contributed by atoms with van der Waals surface area (Å²) in [6.45, 7) is 2.34. The van der Waals surface area contributed by atoms with Gasteiger partial charge in [-0.2, -0.15) is 0 Å². The monoisotopic (exact) mass is 404 g/mol. The summed E-state index contributed by atoms with van der Waals surface area (Å²) >= 11 is 0. The summed E-state index contributed by atoms with van der Waals surface area (Å²) in [6, 6.07) is 23.3. The molecule has 3 aromatic rings. The molecular weight excluding hydrogens is 380 g/mol. The fourth-order valence-corrected chi connectivity index (χ4v) is 2.69. The minimum absolute atomic E-state index is 0.0948. The summed E-state index contributed by atoms with van der Waals surface area (Å²) < 4.78 is 11.3. The van der Waals surface area contributed by atoms with E-state index in [9.17, 15) is 9.59 Å². The lowest BCUT2D eigenvalue weighted by atomic mass is 10.2. The molecule has 0 spiro atoms. The first-order chi connectivity index (χ1) is 14.5. The summed E-state index contributed by atoms with van der Waals surface area (Å²) in [5.74, 6) is 1.39. The zero-order valence-electron chi connectivity index (χ0n) is 17.0. The molecule has 3 rings (SSSR count). The van der Waals surface area contributed by atoms with Crippen LogP contribution in [0.25, 0.3) is 0 Å². The second-order valence-corrected chi connectivity index (χ2v) is 6.63. The van der Waals surface area contributed by atoms with Crippen LogP contribution in [0.1, 0.15) is 17.3 Å². The molecule has 0 aromatic heterocycles. The molecule has 0 aliphatic carbocycles. The summed E-state index contributed by atoms with van der Waals surface area (Å²) in [5.41, 5.74) is 1.12. The molecule has 0 atom stereocenters. The molecule has 0 heterocycles. The Morgan fingerprint density at radius 2 is 1.57 bits per heavy atom. The Balaban J connectivity index is 1.56. The van der Waals surface area contributed by atoms with Crippen LogP contribution in [0.3, 0.4) is 0 Å². The number of para-hydroxylation sites is 1. The van der Waals surface area contributed by atoms with Crippen molar-refractivity contribution < 1.29 is 19.1 Å². The van der Waals surface area contributed by atoms with Crippen molar-refractivity contribution in [1.82, 2.24) is 4.90 Å². The van der Waals surface area contributed by atoms with E-state index in [4.69, 9.17) is 9.47 Å². The van der Waals surface area contributed by atoms with Crippen LogP contribution >= 0.6 is 0 Å². The minimum Gasteiger partial charge on any atom is -0.484 e. The summed E-state index contributed by atoms with van der Waals surface area (Å²) in [6.07, 6.45) is 0. The van der Waals surface area contributed by atoms with Crippen LogP contribution in [0, 0.1) is 0 Å². The molecule has 1 N–H and O–H groups in total. The van der Waals surface area contributed by atoms with Gasteiger partial charge in [0.25, 0.3) is 11.8 Å². The van der Waals surface area contributed by atoms with E-state index in [-0.39, 0.29) is 18.4 Å². The van der Waals surface area contributed by atoms with E-state index < -0.39 is 0 Å². The van der Waals surface area contributed by atoms with Crippen molar-refractivity contribution in [3.63, 3.8) is 0 Å². The third-order valence-electron chi connectivity index (χ3n) is 4.37. The van der Waals surface area contributed by atoms with Crippen LogP contribution < -0.4 is 14.8 Å². The highest BCUT2D eigenvalue weighted by atomic mass is 16.5. The smallest absolute Gasteiger partial charge is 0.262 e. The van der Waals surface area contributed by atoms with E-state index >= 15 is 0 Å². The number of hydrogen-bond acceptors (Lipinski definition) is 4. The van der Waals surface area contributed by atoms with Gasteiger partial charge in [0.05, 0.1) is 0 Å². The van der Waals surface area contributed by atoms with Crippen molar-refractivity contribution in [3.8, 4) is 17.2 Å². The molecule has 2 amide bonds. The molecule has 0 aliphatic heterocycles. The lowest BCUT2D eigenvalue weighted by Gasteiger charge is -2.15. The number of carbonyl (C=O) groups is 2. The van der Waals surface area contributed by atoms with Gasteiger partial charge in [0.1, 0.15) is 17.2 Å². The molecule has 0 saturated carbocycles. The van der Waals surface area contributed by atoms with E-state index in [0.717, 1.165) is 0 Å². The van der Waals surface area contributed by atoms with Crippen molar-refractivity contribution >= 4 is 17.5 Å². The van der Waals surface area contributed by atoms with Gasteiger partial charge in [-0.3, -0.25) is 9.59 Å². The van der Waals surface area contributed by atoms with Gasteiger partial charge < -0.3 is 19.7 Å². The number of anilines is 1. The Bertz CT molecular complexity index is 1000. The quantitative estimate of drug-likeness (QED) is 0.596. The Morgan fingerprint density at radius 3 is 2.33 bits per heavy atom. The topological polar surface area (TPSA) is 67.9 Å². The minimum atomic E-state index is -0.311. The van der Waals surface area contributed by atoms with Crippen molar-refractivity contribution in [2.75, 3.05) is 25.5 Å². The summed E-state index contributed by atoms with van der Waals surface area (Å²) in [4.78, 5) is 26.1. The normalized spacial score (nSPS) is 10.2. The number of rotatable bonds is 8. The molecule has 0 bridgehead atoms. The lowest BCUT2D eigenvalue weighted by molar-refractivity contribution is -0.118. The van der Waals surface area contributed by atoms with E-state index in [1.54, 1.807) is 54.4 Å². The van der Waals surface area contributed by atoms with Gasteiger partial charge in [-0.05, 0) is 49.4 Å². The highest BCUT2D eigenvalue weighted by molar-refractivity contribution is 5.94. The average Bonchev–Trinajstić information content (AvgIpc) is 2.78. The predicted octanol–water partition coefficient (Wildman–Crippen LogP) is 4.59. The molecule has 0 saturated heterocycles. The van der Waals surface area contributed by atoms with Crippen molar-refractivity contribution in [1.29, 1.82) is 0 Å². The van der Waals surface area contributed by atoms with E-state index in [1.165, 1.54) is 0 Å². The predicted molar refractivity (Wildman–Crippen MR) is 116 cm³/mol. The largest absolute Gasteiger partial charge is 0.484 e. The molecule has 0 fully saturated rings. The fourth-order valence-electron chi connectivity index (χ4n) is 2.69. The van der Waals surface area contributed by atoms with Gasteiger partial charge in [-0.25, -0.2) is 0 Å². The van der Waals surface area contributed by atoms with Crippen LogP contribution in [-0.4, -0.2) is 36.9 Å². The number of amides is 2. The average molecular weight is 404 g/mol. The maximum Gasteiger partial charge on any atom is 0.262 e. The highest BCUT2D eigenvalue weighted by Gasteiger charge is 2.11. The van der Waals surface area contributed by atoms with Crippen LogP contribution in [-0.2, 0) is 4.79 Å². The molecular formula is C24H24N2O4. The standard InChI is InChI=1S/C24H24N2O4/c1-3-26(2)24(28)18-9-7-13-21(15-18)29-17-23(27)25-19-10-8-14-22(16-19)30-20-11-5-4-6-12-20/h4-16H,3,17H2,1-2H3,(H,25,27). The van der Waals surface area contributed by atoms with E-state index in [1.807, 2.05) is 43.3 Å². The maximum absolute atomic E-state index is 12.3. The Hall–Kier alpha value is -3.80. The lowest BCUT2D eigenvalue weighted by Crippen LogP contribution is -2.26. The SMILES string of the molecule is CCN(C)C(=O)c1cccc(OCC(=O)Nc2cccc(Oc3ccccc3)c2)c1. The molecule has 6 nitrogen and oxygen atoms in total. The first kappa shape index (κ1) is 20.9. The molecule has 0 aliphatic rings. The Morgan fingerprint density at radius 1 is 0.867 bits per heavy atom. The molecule has 0 radical (unpaired) electrons. The molecule has 3 aromatic carbocycles. The van der Waals surface area contributed by atoms with Gasteiger partial charge in [0.15, 0.2) is 6.61 Å². The maximum atomic E-state index is 12.3. The number of benzene rings is 3. The van der Waals surface area contributed by atoms with Crippen LogP contribution in [0.5, 0.6) is 17.2 Å². The molecule has 30 heavy (non-hydrogen) atoms. The van der Waals surface area contributed by atoms with Crippen LogP contribution in [0.4, 0.5) is 5.69 Å². The third-order valence-corrected chi connectivity index (χ3v) is 4.37. The van der Waals surface area contributed by atoms with E-state index in [0.29, 0.717) is 35.0 Å². The summed E-state index contributed by atoms with van der Waals surface area (Å²) in [5, 5.41) is 2.78. The second kappa shape index (κ2) is 10.1. The number of ether oxygens (including phenoxy) is 2. The first-order valence-electron chi connectivity index (χ1n) is 9.66. The number of nitrogens with one attached hydrogen (secondary N) is 1. The van der Waals surface area contributed by atoms with Crippen molar-refractivity contribution in [2.45, 2.75) is 6.92 Å². The van der Waals surface area contributed by atoms with Crippen LogP contribution in [0.2, 0.25) is 0 Å². The zero-order chi connectivity index (χ0) is 21.3. The van der Waals surface area contributed by atoms with Crippen molar-refractivity contribution in [2.24, 2.45) is 0 Å². The molecule has 0 unspecified atom stereocenters. The van der Waals surface area contributed by atoms with Gasteiger partial charge >= 0.3 is 0 Å². The molecule has 6 heteroatoms. The van der Waals surface area contributed by atoms with Gasteiger partial charge in [0, 0.05) is 30.9 Å². The van der Waals surface area contributed by atoms with Crippen LogP contribution in [0.15, 0.2) is 78.9 Å². The van der Waals surface area contributed by atoms with E-state index in [2.05, 4.69) is 5.32 Å².